The van der Waals surface area contributed by atoms with Crippen LogP contribution < -0.4 is 14.9 Å². The molecule has 1 aromatic rings. The Labute approximate surface area is 119 Å². The van der Waals surface area contributed by atoms with Crippen LogP contribution in [0.25, 0.3) is 0 Å². The fourth-order valence-electron chi connectivity index (χ4n) is 1.52. The fraction of sp³-hybridized carbons (Fsp3) is 0.538. The SMILES string of the molecule is CCCCOc1cc(B(O)O)cc(Cl)c1OC(C)C. The van der Waals surface area contributed by atoms with Crippen molar-refractivity contribution in [3.8, 4) is 11.5 Å². The Morgan fingerprint density at radius 1 is 1.32 bits per heavy atom. The molecule has 0 radical (unpaired) electrons. The van der Waals surface area contributed by atoms with E-state index in [9.17, 15) is 10.0 Å². The topological polar surface area (TPSA) is 58.9 Å². The highest BCUT2D eigenvalue weighted by atomic mass is 35.5. The van der Waals surface area contributed by atoms with Crippen molar-refractivity contribution in [2.24, 2.45) is 0 Å². The maximum Gasteiger partial charge on any atom is 0.488 e. The van der Waals surface area contributed by atoms with E-state index in [4.69, 9.17) is 21.1 Å². The predicted octanol–water partition coefficient (Wildman–Crippen LogP) is 1.99. The molecule has 0 aromatic heterocycles. The molecule has 6 heteroatoms. The number of rotatable bonds is 7. The summed E-state index contributed by atoms with van der Waals surface area (Å²) in [7, 11) is -1.58. The van der Waals surface area contributed by atoms with E-state index in [1.54, 1.807) is 6.07 Å². The monoisotopic (exact) mass is 286 g/mol. The molecule has 1 aromatic carbocycles. The lowest BCUT2D eigenvalue weighted by Crippen LogP contribution is -2.30. The van der Waals surface area contributed by atoms with Crippen molar-refractivity contribution in [3.05, 3.63) is 17.2 Å². The minimum absolute atomic E-state index is 0.0454. The van der Waals surface area contributed by atoms with Crippen LogP contribution in [0.3, 0.4) is 0 Å². The Balaban J connectivity index is 3.04. The highest BCUT2D eigenvalue weighted by Crippen LogP contribution is 2.35. The molecular weight excluding hydrogens is 266 g/mol. The van der Waals surface area contributed by atoms with E-state index >= 15 is 0 Å². The average Bonchev–Trinajstić information content (AvgIpc) is 2.32. The minimum atomic E-state index is -1.58. The van der Waals surface area contributed by atoms with E-state index in [2.05, 4.69) is 6.92 Å². The van der Waals surface area contributed by atoms with Crippen LogP contribution in [0.1, 0.15) is 33.6 Å². The van der Waals surface area contributed by atoms with Crippen LogP contribution >= 0.6 is 11.6 Å². The van der Waals surface area contributed by atoms with Gasteiger partial charge in [0.05, 0.1) is 17.7 Å². The van der Waals surface area contributed by atoms with Crippen LogP contribution in [-0.4, -0.2) is 29.9 Å². The van der Waals surface area contributed by atoms with Gasteiger partial charge in [0, 0.05) is 0 Å². The molecule has 0 spiro atoms. The molecule has 0 heterocycles. The summed E-state index contributed by atoms with van der Waals surface area (Å²) in [6.45, 7) is 6.38. The zero-order valence-corrected chi connectivity index (χ0v) is 12.3. The zero-order chi connectivity index (χ0) is 14.4. The average molecular weight is 287 g/mol. The second-order valence-electron chi connectivity index (χ2n) is 4.57. The van der Waals surface area contributed by atoms with E-state index < -0.39 is 7.12 Å². The third kappa shape index (κ3) is 4.93. The van der Waals surface area contributed by atoms with Gasteiger partial charge in [0.15, 0.2) is 11.5 Å². The van der Waals surface area contributed by atoms with E-state index in [0.29, 0.717) is 23.1 Å². The van der Waals surface area contributed by atoms with E-state index in [0.717, 1.165) is 12.8 Å². The van der Waals surface area contributed by atoms with Crippen molar-refractivity contribution in [2.75, 3.05) is 6.61 Å². The number of hydrogen-bond acceptors (Lipinski definition) is 4. The number of hydrogen-bond donors (Lipinski definition) is 2. The molecular formula is C13H20BClO4. The quantitative estimate of drug-likeness (QED) is 0.594. The van der Waals surface area contributed by atoms with Gasteiger partial charge in [-0.3, -0.25) is 0 Å². The van der Waals surface area contributed by atoms with Crippen molar-refractivity contribution in [1.29, 1.82) is 0 Å². The van der Waals surface area contributed by atoms with Crippen LogP contribution in [-0.2, 0) is 0 Å². The molecule has 0 saturated heterocycles. The second kappa shape index (κ2) is 7.63. The molecule has 0 saturated carbocycles. The lowest BCUT2D eigenvalue weighted by Gasteiger charge is -2.17. The molecule has 106 valence electrons. The second-order valence-corrected chi connectivity index (χ2v) is 4.98. The predicted molar refractivity (Wildman–Crippen MR) is 77.4 cm³/mol. The van der Waals surface area contributed by atoms with E-state index in [-0.39, 0.29) is 11.6 Å². The largest absolute Gasteiger partial charge is 0.490 e. The first-order chi connectivity index (χ1) is 8.95. The molecule has 0 aliphatic heterocycles. The summed E-state index contributed by atoms with van der Waals surface area (Å²) in [6.07, 6.45) is 1.87. The van der Waals surface area contributed by atoms with Gasteiger partial charge in [-0.25, -0.2) is 0 Å². The summed E-state index contributed by atoms with van der Waals surface area (Å²) < 4.78 is 11.2. The van der Waals surface area contributed by atoms with Gasteiger partial charge >= 0.3 is 7.12 Å². The van der Waals surface area contributed by atoms with Gasteiger partial charge in [0.25, 0.3) is 0 Å². The van der Waals surface area contributed by atoms with E-state index in [1.165, 1.54) is 6.07 Å². The molecule has 19 heavy (non-hydrogen) atoms. The van der Waals surface area contributed by atoms with Gasteiger partial charge in [0.1, 0.15) is 0 Å². The molecule has 0 bridgehead atoms. The zero-order valence-electron chi connectivity index (χ0n) is 11.5. The van der Waals surface area contributed by atoms with Crippen molar-refractivity contribution in [1.82, 2.24) is 0 Å². The van der Waals surface area contributed by atoms with E-state index in [1.807, 2.05) is 13.8 Å². The summed E-state index contributed by atoms with van der Waals surface area (Å²) in [4.78, 5) is 0. The smallest absolute Gasteiger partial charge is 0.488 e. The normalized spacial score (nSPS) is 10.7. The van der Waals surface area contributed by atoms with Gasteiger partial charge in [-0.2, -0.15) is 0 Å². The molecule has 4 nitrogen and oxygen atoms in total. The molecule has 0 aliphatic rings. The summed E-state index contributed by atoms with van der Waals surface area (Å²) >= 11 is 6.11. The molecule has 0 aliphatic carbocycles. The van der Waals surface area contributed by atoms with Gasteiger partial charge in [-0.05, 0) is 37.9 Å². The Kier molecular flexibility index (Phi) is 6.48. The summed E-state index contributed by atoms with van der Waals surface area (Å²) in [5.74, 6) is 0.884. The summed E-state index contributed by atoms with van der Waals surface area (Å²) in [6, 6.07) is 3.01. The van der Waals surface area contributed by atoms with Crippen LogP contribution in [0.5, 0.6) is 11.5 Å². The van der Waals surface area contributed by atoms with Crippen LogP contribution in [0.4, 0.5) is 0 Å². The first-order valence-corrected chi connectivity index (χ1v) is 6.82. The molecule has 2 N–H and O–H groups in total. The highest BCUT2D eigenvalue weighted by molar-refractivity contribution is 6.59. The first-order valence-electron chi connectivity index (χ1n) is 6.44. The number of ether oxygens (including phenoxy) is 2. The standard InChI is InChI=1S/C13H20BClO4/c1-4-5-6-18-12-8-10(14(16)17)7-11(15)13(12)19-9(2)3/h7-9,16-17H,4-6H2,1-3H3. The number of halogens is 1. The molecule has 1 rings (SSSR count). The maximum atomic E-state index is 9.22. The van der Waals surface area contributed by atoms with Gasteiger partial charge < -0.3 is 19.5 Å². The summed E-state index contributed by atoms with van der Waals surface area (Å²) in [5.41, 5.74) is 0.285. The Bertz CT molecular complexity index is 410. The third-order valence-electron chi connectivity index (χ3n) is 2.44. The number of unbranched alkanes of at least 4 members (excludes halogenated alkanes) is 1. The highest BCUT2D eigenvalue weighted by Gasteiger charge is 2.19. The minimum Gasteiger partial charge on any atom is -0.490 e. The third-order valence-corrected chi connectivity index (χ3v) is 2.72. The van der Waals surface area contributed by atoms with Crippen molar-refractivity contribution in [2.45, 2.75) is 39.7 Å². The molecule has 0 atom stereocenters. The molecule has 0 amide bonds. The van der Waals surface area contributed by atoms with Crippen LogP contribution in [0.2, 0.25) is 5.02 Å². The van der Waals surface area contributed by atoms with Gasteiger partial charge in [0.2, 0.25) is 0 Å². The van der Waals surface area contributed by atoms with Crippen molar-refractivity contribution >= 4 is 24.2 Å². The Morgan fingerprint density at radius 2 is 2.00 bits per heavy atom. The Hall–Kier alpha value is -0.905. The number of benzene rings is 1. The molecule has 0 fully saturated rings. The first kappa shape index (κ1) is 16.2. The lowest BCUT2D eigenvalue weighted by molar-refractivity contribution is 0.220. The summed E-state index contributed by atoms with van der Waals surface area (Å²) in [5, 5.41) is 18.7. The maximum absolute atomic E-state index is 9.22. The van der Waals surface area contributed by atoms with Crippen LogP contribution in [0, 0.1) is 0 Å². The van der Waals surface area contributed by atoms with Crippen molar-refractivity contribution in [3.63, 3.8) is 0 Å². The lowest BCUT2D eigenvalue weighted by atomic mass is 9.80. The molecule has 0 unspecified atom stereocenters. The van der Waals surface area contributed by atoms with Crippen molar-refractivity contribution < 1.29 is 19.5 Å². The van der Waals surface area contributed by atoms with Gasteiger partial charge in [-0.1, -0.05) is 24.9 Å². The van der Waals surface area contributed by atoms with Gasteiger partial charge in [-0.15, -0.1) is 0 Å². The van der Waals surface area contributed by atoms with Crippen LogP contribution in [0.15, 0.2) is 12.1 Å². The fourth-order valence-corrected chi connectivity index (χ4v) is 1.78. The Morgan fingerprint density at radius 3 is 2.53 bits per heavy atom.